The van der Waals surface area contributed by atoms with Crippen LogP contribution in [-0.2, 0) is 6.54 Å². The number of aromatic carboxylic acids is 1. The van der Waals surface area contributed by atoms with Crippen LogP contribution in [0, 0.1) is 6.92 Å². The number of carboxylic acids is 1. The maximum atomic E-state index is 10.9. The molecule has 0 aliphatic rings. The van der Waals surface area contributed by atoms with Crippen molar-refractivity contribution in [1.29, 1.82) is 0 Å². The fourth-order valence-electron chi connectivity index (χ4n) is 1.72. The average molecular weight is 242 g/mol. The molecule has 0 fully saturated rings. The number of aryl methyl sites for hydroxylation is 1. The summed E-state index contributed by atoms with van der Waals surface area (Å²) in [5.74, 6) is -0.897. The summed E-state index contributed by atoms with van der Waals surface area (Å²) in [5, 5.41) is 12.2. The molecule has 1 heterocycles. The number of benzene rings is 1. The van der Waals surface area contributed by atoms with Crippen LogP contribution in [-0.4, -0.2) is 16.1 Å². The Morgan fingerprint density at radius 3 is 2.83 bits per heavy atom. The van der Waals surface area contributed by atoms with Gasteiger partial charge in [-0.25, -0.2) is 4.79 Å². The number of rotatable bonds is 4. The van der Waals surface area contributed by atoms with Crippen molar-refractivity contribution >= 4 is 11.7 Å². The van der Waals surface area contributed by atoms with Gasteiger partial charge in [0.05, 0.1) is 5.56 Å². The predicted molar refractivity (Wildman–Crippen MR) is 69.7 cm³/mol. The van der Waals surface area contributed by atoms with Gasteiger partial charge in [0.2, 0.25) is 0 Å². The Hall–Kier alpha value is -2.36. The van der Waals surface area contributed by atoms with Crippen molar-refractivity contribution < 1.29 is 9.90 Å². The number of nitrogens with zero attached hydrogens (tertiary/aromatic N) is 1. The molecule has 4 heteroatoms. The van der Waals surface area contributed by atoms with Crippen LogP contribution in [0.25, 0.3) is 0 Å². The van der Waals surface area contributed by atoms with Crippen molar-refractivity contribution in [2.75, 3.05) is 5.32 Å². The Bertz CT molecular complexity index is 553. The zero-order valence-corrected chi connectivity index (χ0v) is 10.1. The van der Waals surface area contributed by atoms with Crippen molar-refractivity contribution in [1.82, 2.24) is 4.98 Å². The van der Waals surface area contributed by atoms with E-state index in [2.05, 4.69) is 10.3 Å². The Morgan fingerprint density at radius 1 is 1.39 bits per heavy atom. The van der Waals surface area contributed by atoms with E-state index >= 15 is 0 Å². The van der Waals surface area contributed by atoms with E-state index in [1.54, 1.807) is 31.5 Å². The maximum absolute atomic E-state index is 10.9. The first-order valence-electron chi connectivity index (χ1n) is 5.63. The molecule has 18 heavy (non-hydrogen) atoms. The van der Waals surface area contributed by atoms with E-state index in [9.17, 15) is 4.79 Å². The topological polar surface area (TPSA) is 62.2 Å². The quantitative estimate of drug-likeness (QED) is 0.865. The fourth-order valence-corrected chi connectivity index (χ4v) is 1.72. The molecule has 0 saturated heterocycles. The van der Waals surface area contributed by atoms with E-state index in [0.717, 1.165) is 16.8 Å². The first-order chi connectivity index (χ1) is 8.66. The third-order valence-electron chi connectivity index (χ3n) is 2.68. The lowest BCUT2D eigenvalue weighted by Gasteiger charge is -2.08. The second-order valence-electron chi connectivity index (χ2n) is 4.05. The molecular formula is C14H14N2O2. The molecule has 0 aliphatic carbocycles. The molecule has 0 radical (unpaired) electrons. The lowest BCUT2D eigenvalue weighted by atomic mass is 10.1. The van der Waals surface area contributed by atoms with Gasteiger partial charge in [-0.05, 0) is 42.3 Å². The fraction of sp³-hybridized carbons (Fsp3) is 0.143. The molecule has 0 spiro atoms. The molecule has 0 amide bonds. The molecule has 0 saturated carbocycles. The predicted octanol–water partition coefficient (Wildman–Crippen LogP) is 2.70. The molecule has 4 nitrogen and oxygen atoms in total. The molecule has 2 N–H and O–H groups in total. The molecule has 0 atom stereocenters. The van der Waals surface area contributed by atoms with Crippen molar-refractivity contribution in [3.63, 3.8) is 0 Å². The highest BCUT2D eigenvalue weighted by Crippen LogP contribution is 2.16. The standard InChI is InChI=1S/C14H14N2O2/c1-10-7-12(4-5-13(10)14(17)18)16-9-11-3-2-6-15-8-11/h2-8,16H,9H2,1H3,(H,17,18). The molecular weight excluding hydrogens is 228 g/mol. The van der Waals surface area contributed by atoms with Crippen LogP contribution >= 0.6 is 0 Å². The highest BCUT2D eigenvalue weighted by Gasteiger charge is 2.06. The third-order valence-corrected chi connectivity index (χ3v) is 2.68. The second-order valence-corrected chi connectivity index (χ2v) is 4.05. The Labute approximate surface area is 105 Å². The lowest BCUT2D eigenvalue weighted by Crippen LogP contribution is -2.03. The zero-order chi connectivity index (χ0) is 13.0. The average Bonchev–Trinajstić information content (AvgIpc) is 2.37. The highest BCUT2D eigenvalue weighted by atomic mass is 16.4. The SMILES string of the molecule is Cc1cc(NCc2cccnc2)ccc1C(=O)O. The minimum Gasteiger partial charge on any atom is -0.478 e. The second kappa shape index (κ2) is 5.31. The molecule has 0 unspecified atom stereocenters. The van der Waals surface area contributed by atoms with Gasteiger partial charge in [-0.15, -0.1) is 0 Å². The van der Waals surface area contributed by atoms with Gasteiger partial charge in [-0.3, -0.25) is 4.98 Å². The first kappa shape index (κ1) is 12.1. The van der Waals surface area contributed by atoms with Gasteiger partial charge in [0.1, 0.15) is 0 Å². The van der Waals surface area contributed by atoms with Crippen LogP contribution < -0.4 is 5.32 Å². The summed E-state index contributed by atoms with van der Waals surface area (Å²) in [6.45, 7) is 2.46. The van der Waals surface area contributed by atoms with E-state index in [1.807, 2.05) is 18.2 Å². The van der Waals surface area contributed by atoms with Crippen LogP contribution in [0.4, 0.5) is 5.69 Å². The van der Waals surface area contributed by atoms with Gasteiger partial charge in [0.25, 0.3) is 0 Å². The van der Waals surface area contributed by atoms with E-state index in [1.165, 1.54) is 0 Å². The summed E-state index contributed by atoms with van der Waals surface area (Å²) in [7, 11) is 0. The van der Waals surface area contributed by atoms with Crippen LogP contribution in [0.5, 0.6) is 0 Å². The van der Waals surface area contributed by atoms with Crippen molar-refractivity contribution in [3.05, 3.63) is 59.4 Å². The Balaban J connectivity index is 2.07. The molecule has 92 valence electrons. The number of carbonyl (C=O) groups is 1. The van der Waals surface area contributed by atoms with E-state index in [-0.39, 0.29) is 0 Å². The smallest absolute Gasteiger partial charge is 0.335 e. The molecule has 1 aromatic carbocycles. The van der Waals surface area contributed by atoms with Crippen molar-refractivity contribution in [2.24, 2.45) is 0 Å². The lowest BCUT2D eigenvalue weighted by molar-refractivity contribution is 0.0696. The van der Waals surface area contributed by atoms with E-state index in [4.69, 9.17) is 5.11 Å². The molecule has 1 aromatic heterocycles. The molecule has 0 aliphatic heterocycles. The Morgan fingerprint density at radius 2 is 2.22 bits per heavy atom. The van der Waals surface area contributed by atoms with E-state index < -0.39 is 5.97 Å². The summed E-state index contributed by atoms with van der Waals surface area (Å²) in [6.07, 6.45) is 3.53. The summed E-state index contributed by atoms with van der Waals surface area (Å²) >= 11 is 0. The minimum absolute atomic E-state index is 0.335. The summed E-state index contributed by atoms with van der Waals surface area (Å²) in [4.78, 5) is 14.9. The van der Waals surface area contributed by atoms with Gasteiger partial charge >= 0.3 is 5.97 Å². The minimum atomic E-state index is -0.897. The number of anilines is 1. The number of hydrogen-bond donors (Lipinski definition) is 2. The largest absolute Gasteiger partial charge is 0.478 e. The van der Waals surface area contributed by atoms with Gasteiger partial charge in [-0.1, -0.05) is 6.07 Å². The van der Waals surface area contributed by atoms with Crippen molar-refractivity contribution in [3.8, 4) is 0 Å². The van der Waals surface area contributed by atoms with Gasteiger partial charge in [0, 0.05) is 24.6 Å². The molecule has 2 rings (SSSR count). The summed E-state index contributed by atoms with van der Waals surface area (Å²) < 4.78 is 0. The number of carboxylic acid groups (broad SMARTS) is 1. The van der Waals surface area contributed by atoms with E-state index in [0.29, 0.717) is 12.1 Å². The van der Waals surface area contributed by atoms with Crippen LogP contribution in [0.15, 0.2) is 42.7 Å². The Kier molecular flexibility index (Phi) is 3.57. The number of aromatic nitrogens is 1. The maximum Gasteiger partial charge on any atom is 0.335 e. The van der Waals surface area contributed by atoms with Crippen molar-refractivity contribution in [2.45, 2.75) is 13.5 Å². The van der Waals surface area contributed by atoms with Crippen LogP contribution in [0.3, 0.4) is 0 Å². The summed E-state index contributed by atoms with van der Waals surface area (Å²) in [5.41, 5.74) is 3.07. The molecule has 2 aromatic rings. The normalized spacial score (nSPS) is 10.1. The third kappa shape index (κ3) is 2.85. The number of pyridine rings is 1. The van der Waals surface area contributed by atoms with Crippen LogP contribution in [0.1, 0.15) is 21.5 Å². The first-order valence-corrected chi connectivity index (χ1v) is 5.63. The number of hydrogen-bond acceptors (Lipinski definition) is 3. The van der Waals surface area contributed by atoms with Gasteiger partial charge < -0.3 is 10.4 Å². The molecule has 0 bridgehead atoms. The van der Waals surface area contributed by atoms with Crippen LogP contribution in [0.2, 0.25) is 0 Å². The summed E-state index contributed by atoms with van der Waals surface area (Å²) in [6, 6.07) is 9.09. The van der Waals surface area contributed by atoms with Gasteiger partial charge in [0.15, 0.2) is 0 Å². The van der Waals surface area contributed by atoms with Gasteiger partial charge in [-0.2, -0.15) is 0 Å². The number of nitrogens with one attached hydrogen (secondary N) is 1. The monoisotopic (exact) mass is 242 g/mol. The zero-order valence-electron chi connectivity index (χ0n) is 10.1. The highest BCUT2D eigenvalue weighted by molar-refractivity contribution is 5.89.